The van der Waals surface area contributed by atoms with Crippen LogP contribution < -0.4 is 5.46 Å². The molecule has 2 N–H and O–H groups in total. The Morgan fingerprint density at radius 3 is 0.988 bits per heavy atom. The van der Waals surface area contributed by atoms with Crippen molar-refractivity contribution in [3.8, 4) is 55.6 Å². The summed E-state index contributed by atoms with van der Waals surface area (Å²) in [5.74, 6) is 0. The Hall–Kier alpha value is -10.4. The summed E-state index contributed by atoms with van der Waals surface area (Å²) in [4.78, 5) is 0. The lowest BCUT2D eigenvalue weighted by Crippen LogP contribution is -2.31. The Morgan fingerprint density at radius 1 is 0.279 bits per heavy atom. The topological polar surface area (TPSA) is 40.5 Å². The Bertz CT molecular complexity index is 5940. The molecule has 0 atom stereocenters. The van der Waals surface area contributed by atoms with Crippen LogP contribution in [0, 0.1) is 6.92 Å². The second kappa shape index (κ2) is 24.5. The van der Waals surface area contributed by atoms with E-state index >= 15 is 0 Å². The predicted octanol–water partition coefficient (Wildman–Crippen LogP) is 19.8. The fraction of sp³-hybridized carbons (Fsp3) is 0.0244. The van der Waals surface area contributed by atoms with E-state index in [-0.39, 0.29) is 88.7 Å². The highest BCUT2D eigenvalue weighted by molar-refractivity contribution is 6.66. The van der Waals surface area contributed by atoms with Gasteiger partial charge in [-0.2, -0.15) is 0 Å². The fourth-order valence-corrected chi connectivity index (χ4v) is 11.6. The Kier molecular flexibility index (Phi) is 11.4. The Morgan fingerprint density at radius 2 is 0.581 bits per heavy atom. The maximum atomic E-state index is 10.4. The zero-order valence-electron chi connectivity index (χ0n) is 61.3. The van der Waals surface area contributed by atoms with E-state index in [2.05, 4.69) is 97.9 Å². The lowest BCUT2D eigenvalue weighted by molar-refractivity contribution is 0.426. The van der Waals surface area contributed by atoms with Crippen LogP contribution in [0.15, 0.2) is 315 Å². The van der Waals surface area contributed by atoms with Crippen molar-refractivity contribution in [1.82, 2.24) is 0 Å². The van der Waals surface area contributed by atoms with Gasteiger partial charge in [0.15, 0.2) is 0 Å². The molecule has 0 amide bonds. The SMILES string of the molecule is C.Cc1ccc(-c2ccc3ccccc3c2)cc1.[2H]c1c([2H])c([2H])c2c(-c3cccc4ccccc34)c3c([2H])c([2H])c([2H])c([2H])c3c(-c3ccc(-c4ccc5ccccc5c4)cc3)c2c1[2H].[2H]c1c([2H])c([2H])c2c(-c3cccc4ccccc34)c3c([2H])c([2H])c([2H])c([2H])c3c(B(O)O)c2c1[2H].[BH4-]. The van der Waals surface area contributed by atoms with Crippen LogP contribution in [-0.2, 0) is 0 Å². The maximum absolute atomic E-state index is 10.4. The number of benzene rings is 16. The van der Waals surface area contributed by atoms with Gasteiger partial charge in [0, 0.05) is 0 Å². The van der Waals surface area contributed by atoms with Gasteiger partial charge in [0.2, 0.25) is 0 Å². The van der Waals surface area contributed by atoms with Crippen LogP contribution in [0.3, 0.4) is 0 Å². The fourth-order valence-electron chi connectivity index (χ4n) is 11.6. The molecule has 0 saturated carbocycles. The van der Waals surface area contributed by atoms with Gasteiger partial charge in [-0.05, 0) is 166 Å². The molecule has 0 fully saturated rings. The molecule has 0 unspecified atom stereocenters. The van der Waals surface area contributed by atoms with E-state index in [1.54, 1.807) is 18.2 Å². The molecule has 0 aromatic heterocycles. The molecule has 0 heterocycles. The summed E-state index contributed by atoms with van der Waals surface area (Å²) in [6, 6.07) is 64.7. The van der Waals surface area contributed by atoms with Crippen LogP contribution in [0.2, 0.25) is 0 Å². The first kappa shape index (κ1) is 40.0. The highest BCUT2D eigenvalue weighted by Gasteiger charge is 2.23. The van der Waals surface area contributed by atoms with Crippen molar-refractivity contribution in [1.29, 1.82) is 0 Å². The summed E-state index contributed by atoms with van der Waals surface area (Å²) < 4.78 is 139. The van der Waals surface area contributed by atoms with Gasteiger partial charge in [0.1, 0.15) is 0 Å². The molecular weight excluding hydrogens is 1040 g/mol. The highest BCUT2D eigenvalue weighted by atomic mass is 16.4. The third kappa shape index (κ3) is 10.6. The van der Waals surface area contributed by atoms with Crippen molar-refractivity contribution in [2.45, 2.75) is 14.4 Å². The summed E-state index contributed by atoms with van der Waals surface area (Å²) >= 11 is 0. The number of rotatable bonds is 6. The van der Waals surface area contributed by atoms with Crippen molar-refractivity contribution >= 4 is 107 Å². The van der Waals surface area contributed by atoms with E-state index < -0.39 is 85.1 Å². The zero-order valence-corrected chi connectivity index (χ0v) is 45.3. The van der Waals surface area contributed by atoms with E-state index in [4.69, 9.17) is 16.4 Å². The lowest BCUT2D eigenvalue weighted by atomic mass is 9.72. The minimum atomic E-state index is -2.26. The average Bonchev–Trinajstić information content (AvgIpc) is 0.704. The summed E-state index contributed by atoms with van der Waals surface area (Å²) in [6.07, 6.45) is 0. The summed E-state index contributed by atoms with van der Waals surface area (Å²) in [5, 5.41) is 29.1. The molecule has 16 aromatic rings. The highest BCUT2D eigenvalue weighted by Crippen LogP contribution is 2.46. The zero-order chi connectivity index (χ0) is 70.4. The number of hydrogen-bond acceptors (Lipinski definition) is 2. The van der Waals surface area contributed by atoms with Crippen molar-refractivity contribution in [3.05, 3.63) is 321 Å². The lowest BCUT2D eigenvalue weighted by Gasteiger charge is -2.19. The molecule has 16 rings (SSSR count). The van der Waals surface area contributed by atoms with E-state index in [1.807, 2.05) is 109 Å². The minimum absolute atomic E-state index is 0. The number of fused-ring (bicyclic) bond motifs is 8. The quantitative estimate of drug-likeness (QED) is 0.129. The van der Waals surface area contributed by atoms with Gasteiger partial charge < -0.3 is 10.0 Å². The van der Waals surface area contributed by atoms with Crippen LogP contribution in [0.5, 0.6) is 0 Å². The van der Waals surface area contributed by atoms with Crippen molar-refractivity contribution in [2.24, 2.45) is 0 Å². The predicted molar refractivity (Wildman–Crippen MR) is 379 cm³/mol. The van der Waals surface area contributed by atoms with E-state index in [9.17, 15) is 15.5 Å². The molecule has 412 valence electrons. The monoisotopic (exact) mass is 1120 g/mol. The summed E-state index contributed by atoms with van der Waals surface area (Å²) in [5.41, 5.74) is 7.98. The van der Waals surface area contributed by atoms with Crippen molar-refractivity contribution < 1.29 is 32.0 Å². The first-order valence-corrected chi connectivity index (χ1v) is 27.5. The van der Waals surface area contributed by atoms with Gasteiger partial charge in [-0.1, -0.05) is 324 Å². The molecule has 4 heteroatoms. The molecule has 0 aliphatic heterocycles. The number of aryl methyl sites for hydroxylation is 1. The average molecular weight is 1120 g/mol. The van der Waals surface area contributed by atoms with Crippen LogP contribution in [0.25, 0.3) is 142 Å². The first-order chi connectivity index (χ1) is 48.1. The molecule has 0 aliphatic rings. The summed E-state index contributed by atoms with van der Waals surface area (Å²) in [6.45, 7) is 2.12. The molecule has 86 heavy (non-hydrogen) atoms. The van der Waals surface area contributed by atoms with Crippen LogP contribution >= 0.6 is 0 Å². The molecule has 0 saturated heterocycles. The number of hydrogen-bond donors (Lipinski definition) is 2. The minimum Gasteiger partial charge on any atom is -0.423 e. The third-order valence-electron chi connectivity index (χ3n) is 15.6. The Balaban J connectivity index is 0.000000159. The van der Waals surface area contributed by atoms with Gasteiger partial charge in [-0.15, -0.1) is 0 Å². The summed E-state index contributed by atoms with van der Waals surface area (Å²) in [7, 11) is -2.26. The second-order valence-electron chi connectivity index (χ2n) is 20.5. The van der Waals surface area contributed by atoms with E-state index in [1.165, 1.54) is 27.5 Å². The largest absolute Gasteiger partial charge is 0.489 e. The first-order valence-electron chi connectivity index (χ1n) is 35.5. The smallest absolute Gasteiger partial charge is 0.423 e. The molecular formula is C82H65B2O2-. The maximum Gasteiger partial charge on any atom is 0.489 e. The second-order valence-corrected chi connectivity index (χ2v) is 20.5. The van der Waals surface area contributed by atoms with Gasteiger partial charge in [0.25, 0.3) is 0 Å². The molecule has 0 aliphatic carbocycles. The third-order valence-corrected chi connectivity index (χ3v) is 15.6. The molecule has 0 bridgehead atoms. The van der Waals surface area contributed by atoms with Crippen LogP contribution in [-0.4, -0.2) is 25.6 Å². The van der Waals surface area contributed by atoms with Crippen molar-refractivity contribution in [2.75, 3.05) is 0 Å². The van der Waals surface area contributed by atoms with E-state index in [0.717, 1.165) is 38.1 Å². The van der Waals surface area contributed by atoms with Gasteiger partial charge >= 0.3 is 7.12 Å². The molecule has 0 spiro atoms. The van der Waals surface area contributed by atoms with E-state index in [0.29, 0.717) is 33.2 Å². The Labute approximate surface area is 527 Å². The van der Waals surface area contributed by atoms with Crippen molar-refractivity contribution in [3.63, 3.8) is 0 Å². The normalized spacial score (nSPS) is 13.6. The van der Waals surface area contributed by atoms with Gasteiger partial charge in [-0.25, -0.2) is 0 Å². The molecule has 16 aromatic carbocycles. The van der Waals surface area contributed by atoms with Gasteiger partial charge in [0.05, 0.1) is 21.9 Å². The van der Waals surface area contributed by atoms with Crippen LogP contribution in [0.4, 0.5) is 0 Å². The van der Waals surface area contributed by atoms with Crippen LogP contribution in [0.1, 0.15) is 34.9 Å². The standard InChI is InChI=1S/C40H26.C24H17BO2.C17H14.CH4.BH4/c1-2-12-31-26-32(25-22-27(31)10-1)28-20-23-30(24-21-28)39-35-15-5-7-17-37(35)40(38-18-8-6-16-36(38)39)34-19-9-13-29-11-3-4-14-33(29)34;26-25(27)24-21-13-5-3-11-19(21)23(20-12-4-6-14-22(20)24)18-15-7-9-16-8-1-2-10-17(16)18;1-13-6-8-15(9-7-13)17-11-10-14-4-2-3-5-16(14)12-17;;/h1-26H;1-15,26-27H;2-12H,1H3;2*1H4/q;;;;-1/i5D,6D,7D,8D,15D,16D,17D,18D;3D,4D,5D,6D,11D,12D,13D,14D;;;. The molecule has 2 nitrogen and oxygen atoms in total. The van der Waals surface area contributed by atoms with Gasteiger partial charge in [-0.3, -0.25) is 0 Å². The molecule has 0 radical (unpaired) electrons.